The smallest absolute Gasteiger partial charge is 0.338 e. The molecule has 234 valence electrons. The van der Waals surface area contributed by atoms with Gasteiger partial charge in [0, 0.05) is 13.7 Å². The number of hydrogen-bond acceptors (Lipinski definition) is 11. The Balaban J connectivity index is 1.60. The molecular formula is C31H38N6O7. The van der Waals surface area contributed by atoms with E-state index in [1.54, 1.807) is 77.4 Å². The van der Waals surface area contributed by atoms with Gasteiger partial charge in [-0.2, -0.15) is 0 Å². The molecule has 13 heteroatoms. The molecule has 2 aromatic carbocycles. The third-order valence-corrected chi connectivity index (χ3v) is 6.49. The van der Waals surface area contributed by atoms with E-state index in [0.717, 1.165) is 6.42 Å². The summed E-state index contributed by atoms with van der Waals surface area (Å²) < 4.78 is 31.2. The Morgan fingerprint density at radius 1 is 0.705 bits per heavy atom. The van der Waals surface area contributed by atoms with E-state index in [2.05, 4.69) is 20.6 Å². The number of esters is 2. The van der Waals surface area contributed by atoms with Gasteiger partial charge in [0.2, 0.25) is 0 Å². The van der Waals surface area contributed by atoms with Crippen LogP contribution in [0.1, 0.15) is 45.4 Å². The zero-order valence-electron chi connectivity index (χ0n) is 25.0. The largest absolute Gasteiger partial charge is 0.461 e. The van der Waals surface area contributed by atoms with Gasteiger partial charge in [0.25, 0.3) is 0 Å². The lowest BCUT2D eigenvalue weighted by Crippen LogP contribution is -2.42. The summed E-state index contributed by atoms with van der Waals surface area (Å²) in [4.78, 5) is 26.1. The first-order chi connectivity index (χ1) is 21.5. The molecule has 0 unspecified atom stereocenters. The molecule has 44 heavy (non-hydrogen) atoms. The van der Waals surface area contributed by atoms with Crippen LogP contribution in [0.25, 0.3) is 0 Å². The summed E-state index contributed by atoms with van der Waals surface area (Å²) in [5.41, 5.74) is 1.02. The van der Waals surface area contributed by atoms with Crippen LogP contribution in [-0.4, -0.2) is 82.1 Å². The molecule has 0 bridgehead atoms. The van der Waals surface area contributed by atoms with Crippen LogP contribution in [0.15, 0.2) is 73.1 Å². The molecule has 0 saturated carbocycles. The molecule has 0 radical (unpaired) electrons. The van der Waals surface area contributed by atoms with E-state index >= 15 is 0 Å². The summed E-state index contributed by atoms with van der Waals surface area (Å²) in [6.07, 6.45) is 4.39. The zero-order chi connectivity index (χ0) is 31.0. The molecule has 0 amide bonds. The number of aromatic nitrogens is 6. The minimum absolute atomic E-state index is 0.121. The molecule has 2 aromatic heterocycles. The van der Waals surface area contributed by atoms with Crippen molar-refractivity contribution in [2.45, 2.75) is 39.6 Å². The molecule has 0 N–H and O–H groups in total. The number of hydrogen-bond donors (Lipinski definition) is 0. The van der Waals surface area contributed by atoms with E-state index < -0.39 is 17.4 Å². The minimum atomic E-state index is -1.02. The fraction of sp³-hybridized carbons (Fsp3) is 0.419. The average Bonchev–Trinajstić information content (AvgIpc) is 3.70. The van der Waals surface area contributed by atoms with Gasteiger partial charge in [-0.1, -0.05) is 53.7 Å². The number of nitrogens with zero attached hydrogens (tertiary/aromatic N) is 6. The minimum Gasteiger partial charge on any atom is -0.461 e. The van der Waals surface area contributed by atoms with E-state index in [9.17, 15) is 9.59 Å². The second-order valence-corrected chi connectivity index (χ2v) is 10.3. The maximum absolute atomic E-state index is 13.0. The van der Waals surface area contributed by atoms with E-state index in [1.807, 2.05) is 19.1 Å². The topological polar surface area (TPSA) is 142 Å². The Labute approximate surface area is 256 Å². The highest BCUT2D eigenvalue weighted by molar-refractivity contribution is 5.89. The highest BCUT2D eigenvalue weighted by atomic mass is 16.5. The summed E-state index contributed by atoms with van der Waals surface area (Å²) in [5, 5.41) is 17.0. The normalized spacial score (nSPS) is 11.4. The average molecular weight is 607 g/mol. The third kappa shape index (κ3) is 10.1. The first-order valence-corrected chi connectivity index (χ1v) is 14.4. The summed E-state index contributed by atoms with van der Waals surface area (Å²) in [6.45, 7) is 4.16. The van der Waals surface area contributed by atoms with Crippen LogP contribution in [0.4, 0.5) is 0 Å². The van der Waals surface area contributed by atoms with Crippen molar-refractivity contribution in [3.8, 4) is 0 Å². The van der Waals surface area contributed by atoms with Gasteiger partial charge in [0.1, 0.15) is 24.6 Å². The molecule has 4 rings (SSSR count). The maximum Gasteiger partial charge on any atom is 0.338 e. The number of benzene rings is 2. The fourth-order valence-electron chi connectivity index (χ4n) is 4.32. The van der Waals surface area contributed by atoms with Crippen molar-refractivity contribution in [1.82, 2.24) is 30.0 Å². The van der Waals surface area contributed by atoms with Crippen molar-refractivity contribution in [1.29, 1.82) is 0 Å². The Bertz CT molecular complexity index is 1370. The molecule has 0 aliphatic rings. The van der Waals surface area contributed by atoms with E-state index in [1.165, 1.54) is 0 Å². The lowest BCUT2D eigenvalue weighted by Gasteiger charge is -2.32. The predicted octanol–water partition coefficient (Wildman–Crippen LogP) is 3.36. The monoisotopic (exact) mass is 606 g/mol. The summed E-state index contributed by atoms with van der Waals surface area (Å²) >= 11 is 0. The highest BCUT2D eigenvalue weighted by Gasteiger charge is 2.37. The van der Waals surface area contributed by atoms with Gasteiger partial charge in [-0.05, 0) is 30.7 Å². The van der Waals surface area contributed by atoms with Crippen molar-refractivity contribution >= 4 is 11.9 Å². The quantitative estimate of drug-likeness (QED) is 0.115. The summed E-state index contributed by atoms with van der Waals surface area (Å²) in [5.74, 6) is -1.02. The predicted molar refractivity (Wildman–Crippen MR) is 157 cm³/mol. The molecule has 0 saturated heterocycles. The van der Waals surface area contributed by atoms with Gasteiger partial charge in [-0.15, -0.1) is 10.2 Å². The maximum atomic E-state index is 13.0. The van der Waals surface area contributed by atoms with Crippen molar-refractivity contribution < 1.29 is 33.3 Å². The highest BCUT2D eigenvalue weighted by Crippen LogP contribution is 2.26. The first-order valence-electron chi connectivity index (χ1n) is 14.4. The Hall–Kier alpha value is -4.46. The molecule has 2 heterocycles. The number of methoxy groups -OCH3 is 1. The van der Waals surface area contributed by atoms with Crippen molar-refractivity contribution in [2.24, 2.45) is 5.41 Å². The number of carbonyl (C=O) groups is 2. The van der Waals surface area contributed by atoms with Gasteiger partial charge < -0.3 is 23.7 Å². The Kier molecular flexibility index (Phi) is 12.5. The standard InChI is InChI=1S/C31H38N6O7/c1-3-14-41-19-27-17-36(34-32-27)21-31(23-43-29(38)25-10-6-4-7-11-25,24-44-30(39)26-12-8-5-9-13-26)22-37-18-28(33-35-37)20-42-16-15-40-2/h4-13,17-18H,3,14-16,19-24H2,1-2H3. The van der Waals surface area contributed by atoms with Crippen LogP contribution in [-0.2, 0) is 50.0 Å². The molecule has 0 fully saturated rings. The SMILES string of the molecule is CCCOCc1cn(CC(COC(=O)c2ccccc2)(COC(=O)c2ccccc2)Cn2cc(COCCOC)nn2)nn1. The summed E-state index contributed by atoms with van der Waals surface area (Å²) in [7, 11) is 1.60. The number of ether oxygens (including phenoxy) is 5. The molecule has 4 aromatic rings. The van der Waals surface area contributed by atoms with E-state index in [4.69, 9.17) is 23.7 Å². The van der Waals surface area contributed by atoms with Crippen LogP contribution in [0, 0.1) is 5.41 Å². The fourth-order valence-corrected chi connectivity index (χ4v) is 4.32. The van der Waals surface area contributed by atoms with Gasteiger partial charge in [-0.25, -0.2) is 9.59 Å². The molecular weight excluding hydrogens is 568 g/mol. The Morgan fingerprint density at radius 3 is 1.64 bits per heavy atom. The van der Waals surface area contributed by atoms with Crippen molar-refractivity contribution in [3.63, 3.8) is 0 Å². The van der Waals surface area contributed by atoms with Crippen molar-refractivity contribution in [2.75, 3.05) is 40.1 Å². The first kappa shape index (κ1) is 32.5. The van der Waals surface area contributed by atoms with Crippen molar-refractivity contribution in [3.05, 3.63) is 95.6 Å². The van der Waals surface area contributed by atoms with Gasteiger partial charge >= 0.3 is 11.9 Å². The van der Waals surface area contributed by atoms with E-state index in [0.29, 0.717) is 48.9 Å². The van der Waals surface area contributed by atoms with Crippen LogP contribution in [0.3, 0.4) is 0 Å². The molecule has 0 aliphatic carbocycles. The van der Waals surface area contributed by atoms with Gasteiger partial charge in [0.05, 0.1) is 68.5 Å². The molecule has 13 nitrogen and oxygen atoms in total. The van der Waals surface area contributed by atoms with E-state index in [-0.39, 0.29) is 32.9 Å². The van der Waals surface area contributed by atoms with Gasteiger partial charge in [0.15, 0.2) is 0 Å². The van der Waals surface area contributed by atoms with Crippen LogP contribution in [0.2, 0.25) is 0 Å². The summed E-state index contributed by atoms with van der Waals surface area (Å²) in [6, 6.07) is 17.4. The lowest BCUT2D eigenvalue weighted by molar-refractivity contribution is -0.0224. The molecule has 0 spiro atoms. The number of carbonyl (C=O) groups excluding carboxylic acids is 2. The third-order valence-electron chi connectivity index (χ3n) is 6.49. The van der Waals surface area contributed by atoms with Crippen LogP contribution in [0.5, 0.6) is 0 Å². The second-order valence-electron chi connectivity index (χ2n) is 10.3. The lowest BCUT2D eigenvalue weighted by atomic mass is 9.89. The molecule has 0 atom stereocenters. The van der Waals surface area contributed by atoms with Crippen LogP contribution >= 0.6 is 0 Å². The van der Waals surface area contributed by atoms with Gasteiger partial charge in [-0.3, -0.25) is 9.36 Å². The Morgan fingerprint density at radius 2 is 1.18 bits per heavy atom. The second kappa shape index (κ2) is 17.0. The zero-order valence-corrected chi connectivity index (χ0v) is 25.0. The number of rotatable bonds is 19. The molecule has 0 aliphatic heterocycles. The van der Waals surface area contributed by atoms with Crippen LogP contribution < -0.4 is 0 Å².